The highest BCUT2D eigenvalue weighted by atomic mass is 19.4. The molecule has 1 aliphatic rings. The lowest BCUT2D eigenvalue weighted by Crippen LogP contribution is -2.16. The maximum absolute atomic E-state index is 12.7. The van der Waals surface area contributed by atoms with Crippen LogP contribution in [0.1, 0.15) is 22.5 Å². The third kappa shape index (κ3) is 2.85. The normalized spacial score (nSPS) is 15.0. The third-order valence-corrected chi connectivity index (χ3v) is 3.57. The molecule has 22 heavy (non-hydrogen) atoms. The Kier molecular flexibility index (Phi) is 3.44. The summed E-state index contributed by atoms with van der Waals surface area (Å²) in [6, 6.07) is 4.88. The van der Waals surface area contributed by atoms with Gasteiger partial charge in [0.1, 0.15) is 12.0 Å². The number of nitrogens with zero attached hydrogens (tertiary/aromatic N) is 1. The second-order valence-electron chi connectivity index (χ2n) is 5.22. The van der Waals surface area contributed by atoms with Gasteiger partial charge in [0.05, 0.1) is 12.1 Å². The van der Waals surface area contributed by atoms with Crippen LogP contribution in [0.4, 0.5) is 13.2 Å². The highest BCUT2D eigenvalue weighted by Gasteiger charge is 2.32. The van der Waals surface area contributed by atoms with Gasteiger partial charge < -0.3 is 9.52 Å². The van der Waals surface area contributed by atoms with Crippen LogP contribution in [-0.4, -0.2) is 10.0 Å². The number of aromatic hydroxyl groups is 1. The molecule has 0 amide bonds. The average molecular weight is 311 g/mol. The minimum absolute atomic E-state index is 0.283. The number of benzene rings is 1. The number of hydrogen-bond donors (Lipinski definition) is 1. The van der Waals surface area contributed by atoms with Crippen LogP contribution in [0, 0.1) is 0 Å². The molecule has 0 saturated heterocycles. The van der Waals surface area contributed by atoms with Crippen LogP contribution < -0.4 is 5.43 Å². The van der Waals surface area contributed by atoms with Crippen molar-refractivity contribution in [3.63, 3.8) is 0 Å². The van der Waals surface area contributed by atoms with Gasteiger partial charge in [-0.15, -0.1) is 0 Å². The van der Waals surface area contributed by atoms with Crippen LogP contribution in [0.3, 0.4) is 0 Å². The Balaban J connectivity index is 1.77. The van der Waals surface area contributed by atoms with Gasteiger partial charge in [0, 0.05) is 19.2 Å². The Hall–Kier alpha value is -2.28. The summed E-state index contributed by atoms with van der Waals surface area (Å²) >= 11 is 0. The standard InChI is InChI=1S/C15H12F3NO3/c16-15(17,18)11-2-1-9-5-19(6-10(9)3-11)7-12-4-13(20)14(21)8-22-12/h1-4,8,21H,5-7H2. The number of fused-ring (bicyclic) bond motifs is 1. The number of hydrogen-bond acceptors (Lipinski definition) is 4. The van der Waals surface area contributed by atoms with Crippen molar-refractivity contribution < 1.29 is 22.7 Å². The molecule has 0 aliphatic carbocycles. The molecule has 0 saturated carbocycles. The molecule has 1 aliphatic heterocycles. The zero-order valence-corrected chi connectivity index (χ0v) is 11.4. The number of alkyl halides is 3. The van der Waals surface area contributed by atoms with Gasteiger partial charge in [-0.05, 0) is 23.3 Å². The first-order valence-corrected chi connectivity index (χ1v) is 6.55. The number of halogens is 3. The van der Waals surface area contributed by atoms with Gasteiger partial charge in [-0.25, -0.2) is 0 Å². The predicted molar refractivity (Wildman–Crippen MR) is 71.0 cm³/mol. The summed E-state index contributed by atoms with van der Waals surface area (Å²) in [6.07, 6.45) is -3.39. The average Bonchev–Trinajstić information content (AvgIpc) is 2.83. The minimum Gasteiger partial charge on any atom is -0.502 e. The molecule has 1 N–H and O–H groups in total. The Morgan fingerprint density at radius 1 is 1.18 bits per heavy atom. The van der Waals surface area contributed by atoms with Crippen molar-refractivity contribution in [1.82, 2.24) is 4.90 Å². The van der Waals surface area contributed by atoms with Gasteiger partial charge in [0.25, 0.3) is 0 Å². The van der Waals surface area contributed by atoms with E-state index in [1.54, 1.807) is 0 Å². The van der Waals surface area contributed by atoms with E-state index in [-0.39, 0.29) is 6.54 Å². The summed E-state index contributed by atoms with van der Waals surface area (Å²) in [5, 5.41) is 9.13. The molecule has 7 heteroatoms. The Bertz CT molecular complexity index is 767. The van der Waals surface area contributed by atoms with Crippen molar-refractivity contribution in [1.29, 1.82) is 0 Å². The van der Waals surface area contributed by atoms with Crippen molar-refractivity contribution in [3.8, 4) is 5.75 Å². The van der Waals surface area contributed by atoms with Gasteiger partial charge in [-0.1, -0.05) is 6.07 Å². The molecule has 2 aromatic rings. The van der Waals surface area contributed by atoms with E-state index >= 15 is 0 Å². The molecule has 116 valence electrons. The van der Waals surface area contributed by atoms with E-state index < -0.39 is 22.9 Å². The quantitative estimate of drug-likeness (QED) is 0.926. The smallest absolute Gasteiger partial charge is 0.416 e. The zero-order chi connectivity index (χ0) is 15.9. The largest absolute Gasteiger partial charge is 0.502 e. The van der Waals surface area contributed by atoms with Crippen LogP contribution in [0.25, 0.3) is 0 Å². The predicted octanol–water partition coefficient (Wildman–Crippen LogP) is 2.88. The Morgan fingerprint density at radius 3 is 2.59 bits per heavy atom. The Morgan fingerprint density at radius 2 is 1.91 bits per heavy atom. The maximum Gasteiger partial charge on any atom is 0.416 e. The second kappa shape index (κ2) is 5.17. The van der Waals surface area contributed by atoms with Crippen molar-refractivity contribution in [2.45, 2.75) is 25.8 Å². The summed E-state index contributed by atoms with van der Waals surface area (Å²) in [5.74, 6) is -0.116. The lowest BCUT2D eigenvalue weighted by molar-refractivity contribution is -0.137. The summed E-state index contributed by atoms with van der Waals surface area (Å²) in [4.78, 5) is 13.2. The fourth-order valence-corrected chi connectivity index (χ4v) is 2.50. The zero-order valence-electron chi connectivity index (χ0n) is 11.4. The van der Waals surface area contributed by atoms with Crippen LogP contribution in [0.2, 0.25) is 0 Å². The molecule has 0 fully saturated rings. The molecule has 0 unspecified atom stereocenters. The maximum atomic E-state index is 12.7. The van der Waals surface area contributed by atoms with Crippen LogP contribution in [0.5, 0.6) is 5.75 Å². The third-order valence-electron chi connectivity index (χ3n) is 3.57. The molecule has 0 spiro atoms. The SMILES string of the molecule is O=c1cc(CN2Cc3ccc(C(F)(F)F)cc3C2)occ1O. The molecule has 1 aromatic heterocycles. The first-order chi connectivity index (χ1) is 10.3. The summed E-state index contributed by atoms with van der Waals surface area (Å²) in [5.41, 5.74) is 0.242. The molecule has 3 rings (SSSR count). The highest BCUT2D eigenvalue weighted by molar-refractivity contribution is 5.36. The lowest BCUT2D eigenvalue weighted by Gasteiger charge is -2.13. The molecule has 2 heterocycles. The monoisotopic (exact) mass is 311 g/mol. The van der Waals surface area contributed by atoms with Gasteiger partial charge in [0.2, 0.25) is 5.43 Å². The molecule has 1 aromatic carbocycles. The summed E-state index contributed by atoms with van der Waals surface area (Å²) in [7, 11) is 0. The molecule has 0 atom stereocenters. The van der Waals surface area contributed by atoms with E-state index in [2.05, 4.69) is 0 Å². The summed E-state index contributed by atoms with van der Waals surface area (Å²) in [6.45, 7) is 1.12. The van der Waals surface area contributed by atoms with Crippen LogP contribution in [-0.2, 0) is 25.8 Å². The molecule has 4 nitrogen and oxygen atoms in total. The minimum atomic E-state index is -4.35. The fourth-order valence-electron chi connectivity index (χ4n) is 2.50. The Labute approximate surface area is 123 Å². The molecular weight excluding hydrogens is 299 g/mol. The molecule has 0 bridgehead atoms. The van der Waals surface area contributed by atoms with E-state index in [4.69, 9.17) is 9.52 Å². The first kappa shape index (κ1) is 14.6. The van der Waals surface area contributed by atoms with Crippen molar-refractivity contribution in [3.05, 3.63) is 63.2 Å². The lowest BCUT2D eigenvalue weighted by atomic mass is 10.1. The van der Waals surface area contributed by atoms with Gasteiger partial charge in [-0.2, -0.15) is 13.2 Å². The van der Waals surface area contributed by atoms with Gasteiger partial charge >= 0.3 is 6.18 Å². The van der Waals surface area contributed by atoms with E-state index in [9.17, 15) is 18.0 Å². The van der Waals surface area contributed by atoms with Gasteiger partial charge in [0.15, 0.2) is 5.75 Å². The van der Waals surface area contributed by atoms with E-state index in [1.807, 2.05) is 4.90 Å². The van der Waals surface area contributed by atoms with Crippen molar-refractivity contribution >= 4 is 0 Å². The first-order valence-electron chi connectivity index (χ1n) is 6.55. The summed E-state index contributed by atoms with van der Waals surface area (Å²) < 4.78 is 43.2. The van der Waals surface area contributed by atoms with Crippen LogP contribution >= 0.6 is 0 Å². The topological polar surface area (TPSA) is 53.7 Å². The molecular formula is C15H12F3NO3. The van der Waals surface area contributed by atoms with Crippen molar-refractivity contribution in [2.24, 2.45) is 0 Å². The number of rotatable bonds is 2. The second-order valence-corrected chi connectivity index (χ2v) is 5.22. The van der Waals surface area contributed by atoms with Crippen LogP contribution in [0.15, 0.2) is 39.7 Å². The highest BCUT2D eigenvalue weighted by Crippen LogP contribution is 2.33. The fraction of sp³-hybridized carbons (Fsp3) is 0.267. The molecule has 0 radical (unpaired) electrons. The van der Waals surface area contributed by atoms with Crippen molar-refractivity contribution in [2.75, 3.05) is 0 Å². The van der Waals surface area contributed by atoms with Gasteiger partial charge in [-0.3, -0.25) is 9.69 Å². The van der Waals surface area contributed by atoms with E-state index in [1.165, 1.54) is 12.1 Å². The van der Waals surface area contributed by atoms with E-state index in [0.717, 1.165) is 24.0 Å². The van der Waals surface area contributed by atoms with E-state index in [0.29, 0.717) is 24.4 Å².